The number of hydrogen-bond donors (Lipinski definition) is 1. The lowest BCUT2D eigenvalue weighted by atomic mass is 10.2. The van der Waals surface area contributed by atoms with E-state index in [1.54, 1.807) is 6.92 Å². The van der Waals surface area contributed by atoms with Crippen LogP contribution in [0.15, 0.2) is 23.1 Å². The Bertz CT molecular complexity index is 566. The quantitative estimate of drug-likeness (QED) is 0.891. The predicted octanol–water partition coefficient (Wildman–Crippen LogP) is 1.52. The van der Waals surface area contributed by atoms with Gasteiger partial charge in [0.05, 0.1) is 23.3 Å². The van der Waals surface area contributed by atoms with Crippen molar-refractivity contribution in [3.05, 3.63) is 28.8 Å². The summed E-state index contributed by atoms with van der Waals surface area (Å²) < 4.78 is 31.3. The number of benzene rings is 1. The Balaban J connectivity index is 3.03. The van der Waals surface area contributed by atoms with Gasteiger partial charge in [-0.25, -0.2) is 13.1 Å². The molecule has 18 heavy (non-hydrogen) atoms. The van der Waals surface area contributed by atoms with Crippen molar-refractivity contribution in [3.8, 4) is 6.07 Å². The van der Waals surface area contributed by atoms with Crippen molar-refractivity contribution in [2.45, 2.75) is 17.9 Å². The first-order valence-electron chi connectivity index (χ1n) is 5.11. The van der Waals surface area contributed by atoms with Crippen LogP contribution in [0.5, 0.6) is 0 Å². The molecule has 0 fully saturated rings. The summed E-state index contributed by atoms with van der Waals surface area (Å²) in [7, 11) is -2.22. The molecule has 1 unspecified atom stereocenters. The molecule has 98 valence electrons. The average molecular weight is 289 g/mol. The number of nitriles is 1. The van der Waals surface area contributed by atoms with E-state index in [1.165, 1.54) is 25.3 Å². The fraction of sp³-hybridized carbons (Fsp3) is 0.364. The van der Waals surface area contributed by atoms with Crippen LogP contribution in [0.25, 0.3) is 0 Å². The highest BCUT2D eigenvalue weighted by Gasteiger charge is 2.20. The molecule has 0 amide bonds. The standard InChI is InChI=1S/C11H13ClN2O3S/c1-8(7-17-2)14-18(15,16)11-4-3-9(6-13)5-10(11)12/h3-5,8,14H,7H2,1-2H3. The minimum atomic E-state index is -3.71. The van der Waals surface area contributed by atoms with Gasteiger partial charge >= 0.3 is 0 Å². The molecule has 1 aromatic rings. The lowest BCUT2D eigenvalue weighted by Crippen LogP contribution is -2.35. The normalized spacial score (nSPS) is 13.0. The van der Waals surface area contributed by atoms with Crippen LogP contribution in [0.1, 0.15) is 12.5 Å². The first-order valence-corrected chi connectivity index (χ1v) is 6.97. The maximum Gasteiger partial charge on any atom is 0.242 e. The number of halogens is 1. The second-order valence-electron chi connectivity index (χ2n) is 3.73. The highest BCUT2D eigenvalue weighted by atomic mass is 35.5. The Labute approximate surface area is 111 Å². The molecule has 1 atom stereocenters. The van der Waals surface area contributed by atoms with Gasteiger partial charge in [-0.15, -0.1) is 0 Å². The van der Waals surface area contributed by atoms with E-state index >= 15 is 0 Å². The molecule has 0 heterocycles. The van der Waals surface area contributed by atoms with Crippen LogP contribution in [-0.2, 0) is 14.8 Å². The van der Waals surface area contributed by atoms with Gasteiger partial charge in [0, 0.05) is 13.2 Å². The molecule has 0 saturated carbocycles. The molecule has 0 aliphatic rings. The number of nitrogens with zero attached hydrogens (tertiary/aromatic N) is 1. The Hall–Kier alpha value is -1.13. The fourth-order valence-electron chi connectivity index (χ4n) is 1.40. The zero-order chi connectivity index (χ0) is 13.8. The topological polar surface area (TPSA) is 79.2 Å². The van der Waals surface area contributed by atoms with Gasteiger partial charge in [0.25, 0.3) is 0 Å². The van der Waals surface area contributed by atoms with Gasteiger partial charge in [0.2, 0.25) is 10.0 Å². The molecule has 0 bridgehead atoms. The molecule has 0 aliphatic carbocycles. The van der Waals surface area contributed by atoms with Crippen molar-refractivity contribution in [2.24, 2.45) is 0 Å². The third-order valence-corrected chi connectivity index (χ3v) is 4.20. The molecule has 0 saturated heterocycles. The van der Waals surface area contributed by atoms with Crippen molar-refractivity contribution in [1.29, 1.82) is 5.26 Å². The van der Waals surface area contributed by atoms with Crippen molar-refractivity contribution < 1.29 is 13.2 Å². The van der Waals surface area contributed by atoms with Crippen LogP contribution in [0.2, 0.25) is 5.02 Å². The van der Waals surface area contributed by atoms with Gasteiger partial charge in [0.15, 0.2) is 0 Å². The predicted molar refractivity (Wildman–Crippen MR) is 67.8 cm³/mol. The minimum Gasteiger partial charge on any atom is -0.383 e. The lowest BCUT2D eigenvalue weighted by molar-refractivity contribution is 0.180. The summed E-state index contributed by atoms with van der Waals surface area (Å²) in [6, 6.07) is 5.55. The number of rotatable bonds is 5. The van der Waals surface area contributed by atoms with E-state index in [1.807, 2.05) is 6.07 Å². The molecule has 5 nitrogen and oxygen atoms in total. The second kappa shape index (κ2) is 6.16. The van der Waals surface area contributed by atoms with Crippen LogP contribution in [0, 0.1) is 11.3 Å². The van der Waals surface area contributed by atoms with Crippen LogP contribution in [0.3, 0.4) is 0 Å². The van der Waals surface area contributed by atoms with Crippen LogP contribution >= 0.6 is 11.6 Å². The van der Waals surface area contributed by atoms with E-state index in [2.05, 4.69) is 4.72 Å². The van der Waals surface area contributed by atoms with E-state index in [4.69, 9.17) is 21.6 Å². The molecular weight excluding hydrogens is 276 g/mol. The Morgan fingerprint density at radius 1 is 1.56 bits per heavy atom. The van der Waals surface area contributed by atoms with Crippen molar-refractivity contribution >= 4 is 21.6 Å². The molecule has 0 aromatic heterocycles. The zero-order valence-electron chi connectivity index (χ0n) is 9.97. The maximum atomic E-state index is 12.0. The lowest BCUT2D eigenvalue weighted by Gasteiger charge is -2.14. The maximum absolute atomic E-state index is 12.0. The van der Waals surface area contributed by atoms with E-state index < -0.39 is 10.0 Å². The monoisotopic (exact) mass is 288 g/mol. The zero-order valence-corrected chi connectivity index (χ0v) is 11.5. The van der Waals surface area contributed by atoms with E-state index in [0.717, 1.165) is 0 Å². The Morgan fingerprint density at radius 2 is 2.22 bits per heavy atom. The van der Waals surface area contributed by atoms with Crippen molar-refractivity contribution in [1.82, 2.24) is 4.72 Å². The van der Waals surface area contributed by atoms with E-state index in [9.17, 15) is 8.42 Å². The smallest absolute Gasteiger partial charge is 0.242 e. The minimum absolute atomic E-state index is 0.0196. The van der Waals surface area contributed by atoms with Gasteiger partial charge in [-0.3, -0.25) is 0 Å². The summed E-state index contributed by atoms with van der Waals surface area (Å²) in [6.07, 6.45) is 0. The molecule has 0 spiro atoms. The van der Waals surface area contributed by atoms with Crippen molar-refractivity contribution in [3.63, 3.8) is 0 Å². The van der Waals surface area contributed by atoms with Gasteiger partial charge in [-0.05, 0) is 25.1 Å². The fourth-order valence-corrected chi connectivity index (χ4v) is 3.17. The van der Waals surface area contributed by atoms with Crippen molar-refractivity contribution in [2.75, 3.05) is 13.7 Å². The largest absolute Gasteiger partial charge is 0.383 e. The molecule has 1 rings (SSSR count). The Kier molecular flexibility index (Phi) is 5.11. The number of nitrogens with one attached hydrogen (secondary N) is 1. The third kappa shape index (κ3) is 3.68. The number of hydrogen-bond acceptors (Lipinski definition) is 4. The molecule has 0 aliphatic heterocycles. The number of ether oxygens (including phenoxy) is 1. The molecule has 0 radical (unpaired) electrons. The molecular formula is C11H13ClN2O3S. The van der Waals surface area contributed by atoms with E-state index in [0.29, 0.717) is 5.56 Å². The number of sulfonamides is 1. The second-order valence-corrected chi connectivity index (χ2v) is 5.82. The molecule has 7 heteroatoms. The Morgan fingerprint density at radius 3 is 2.72 bits per heavy atom. The highest BCUT2D eigenvalue weighted by molar-refractivity contribution is 7.89. The first kappa shape index (κ1) is 14.9. The summed E-state index contributed by atoms with van der Waals surface area (Å²) in [4.78, 5) is -0.0499. The van der Waals surface area contributed by atoms with Gasteiger partial charge < -0.3 is 4.74 Å². The first-order chi connectivity index (χ1) is 8.40. The third-order valence-electron chi connectivity index (χ3n) is 2.12. The summed E-state index contributed by atoms with van der Waals surface area (Å²) in [5.41, 5.74) is 0.309. The summed E-state index contributed by atoms with van der Waals surface area (Å²) in [5, 5.41) is 8.70. The molecule has 1 N–H and O–H groups in total. The van der Waals surface area contributed by atoms with Gasteiger partial charge in [-0.1, -0.05) is 11.6 Å². The summed E-state index contributed by atoms with van der Waals surface area (Å²) in [6.45, 7) is 1.94. The van der Waals surface area contributed by atoms with Crippen LogP contribution < -0.4 is 4.72 Å². The highest BCUT2D eigenvalue weighted by Crippen LogP contribution is 2.22. The summed E-state index contributed by atoms with van der Waals surface area (Å²) >= 11 is 5.85. The SMILES string of the molecule is COCC(C)NS(=O)(=O)c1ccc(C#N)cc1Cl. The van der Waals surface area contributed by atoms with Gasteiger partial charge in [0.1, 0.15) is 4.90 Å². The summed E-state index contributed by atoms with van der Waals surface area (Å²) in [5.74, 6) is 0. The molecule has 1 aromatic carbocycles. The van der Waals surface area contributed by atoms with Gasteiger partial charge in [-0.2, -0.15) is 5.26 Å². The number of methoxy groups -OCH3 is 1. The average Bonchev–Trinajstić information content (AvgIpc) is 2.27. The van der Waals surface area contributed by atoms with Crippen LogP contribution in [-0.4, -0.2) is 28.2 Å². The van der Waals surface area contributed by atoms with Crippen LogP contribution in [0.4, 0.5) is 0 Å². The van der Waals surface area contributed by atoms with E-state index in [-0.39, 0.29) is 22.6 Å².